The van der Waals surface area contributed by atoms with E-state index >= 15 is 0 Å². The number of hydrogen-bond acceptors (Lipinski definition) is 3. The maximum Gasteiger partial charge on any atom is 0.401 e. The van der Waals surface area contributed by atoms with Gasteiger partial charge in [-0.05, 0) is 24.6 Å². The van der Waals surface area contributed by atoms with Gasteiger partial charge in [0.2, 0.25) is 0 Å². The molecule has 0 bridgehead atoms. The van der Waals surface area contributed by atoms with Crippen LogP contribution in [0.2, 0.25) is 5.02 Å². The van der Waals surface area contributed by atoms with E-state index in [0.717, 1.165) is 5.39 Å². The second-order valence-corrected chi connectivity index (χ2v) is 6.50. The van der Waals surface area contributed by atoms with Crippen LogP contribution in [-0.2, 0) is 0 Å². The maximum absolute atomic E-state index is 12.9. The molecule has 2 heterocycles. The van der Waals surface area contributed by atoms with Crippen molar-refractivity contribution >= 4 is 28.4 Å². The molecular weight excluding hydrogens is 355 g/mol. The Bertz CT molecular complexity index is 781. The first kappa shape index (κ1) is 17.9. The summed E-state index contributed by atoms with van der Waals surface area (Å²) in [6, 6.07) is 6.87. The molecule has 8 heteroatoms. The van der Waals surface area contributed by atoms with Crippen LogP contribution in [0.1, 0.15) is 16.8 Å². The molecule has 4 nitrogen and oxygen atoms in total. The molecule has 0 aliphatic carbocycles. The fraction of sp³-hybridized carbons (Fsp3) is 0.412. The lowest BCUT2D eigenvalue weighted by atomic mass is 10.1. The zero-order valence-electron chi connectivity index (χ0n) is 13.4. The lowest BCUT2D eigenvalue weighted by molar-refractivity contribution is -0.145. The Balaban J connectivity index is 1.80. The third-order valence-corrected chi connectivity index (χ3v) is 4.40. The first-order valence-electron chi connectivity index (χ1n) is 7.96. The summed E-state index contributed by atoms with van der Waals surface area (Å²) in [5.41, 5.74) is 0.931. The van der Waals surface area contributed by atoms with Crippen LogP contribution in [0.5, 0.6) is 0 Å². The van der Waals surface area contributed by atoms with Crippen molar-refractivity contribution in [2.24, 2.45) is 0 Å². The topological polar surface area (TPSA) is 36.4 Å². The molecule has 0 radical (unpaired) electrons. The summed E-state index contributed by atoms with van der Waals surface area (Å²) in [5, 5.41) is 1.18. The molecule has 0 atom stereocenters. The van der Waals surface area contributed by atoms with Crippen molar-refractivity contribution < 1.29 is 18.0 Å². The number of nitrogens with zero attached hydrogens (tertiary/aromatic N) is 3. The molecule has 0 unspecified atom stereocenters. The van der Waals surface area contributed by atoms with Gasteiger partial charge in [0.25, 0.3) is 5.91 Å². The smallest absolute Gasteiger partial charge is 0.337 e. The molecule has 0 spiro atoms. The van der Waals surface area contributed by atoms with Gasteiger partial charge in [0.05, 0.1) is 17.6 Å². The number of rotatable bonds is 2. The Labute approximate surface area is 148 Å². The Morgan fingerprint density at radius 1 is 1.20 bits per heavy atom. The average Bonchev–Trinajstić information content (AvgIpc) is 2.77. The van der Waals surface area contributed by atoms with Gasteiger partial charge in [0.1, 0.15) is 0 Å². The van der Waals surface area contributed by atoms with Crippen molar-refractivity contribution in [1.82, 2.24) is 14.8 Å². The van der Waals surface area contributed by atoms with E-state index in [1.165, 1.54) is 4.90 Å². The van der Waals surface area contributed by atoms with Crippen LogP contribution >= 0.6 is 11.6 Å². The van der Waals surface area contributed by atoms with Crippen molar-refractivity contribution in [2.45, 2.75) is 12.6 Å². The number of fused-ring (bicyclic) bond motifs is 1. The molecule has 25 heavy (non-hydrogen) atoms. The summed E-state index contributed by atoms with van der Waals surface area (Å²) in [4.78, 5) is 20.1. The fourth-order valence-electron chi connectivity index (χ4n) is 3.07. The van der Waals surface area contributed by atoms with Gasteiger partial charge < -0.3 is 4.90 Å². The Morgan fingerprint density at radius 3 is 2.76 bits per heavy atom. The van der Waals surface area contributed by atoms with E-state index in [4.69, 9.17) is 11.6 Å². The minimum atomic E-state index is -4.23. The molecule has 1 saturated heterocycles. The Morgan fingerprint density at radius 2 is 2.00 bits per heavy atom. The predicted molar refractivity (Wildman–Crippen MR) is 89.8 cm³/mol. The molecule has 1 amide bonds. The number of pyridine rings is 1. The van der Waals surface area contributed by atoms with Gasteiger partial charge in [-0.2, -0.15) is 13.2 Å². The van der Waals surface area contributed by atoms with Crippen LogP contribution in [0.3, 0.4) is 0 Å². The molecular formula is C17H17ClF3N3O. The molecule has 2 aromatic rings. The van der Waals surface area contributed by atoms with Gasteiger partial charge in [-0.3, -0.25) is 14.7 Å². The fourth-order valence-corrected chi connectivity index (χ4v) is 3.30. The van der Waals surface area contributed by atoms with Gasteiger partial charge in [0, 0.05) is 42.8 Å². The number of carbonyl (C=O) groups excluding carboxylic acids is 1. The quantitative estimate of drug-likeness (QED) is 0.809. The van der Waals surface area contributed by atoms with Crippen LogP contribution in [-0.4, -0.2) is 59.6 Å². The molecule has 1 aliphatic rings. The number of amides is 1. The summed E-state index contributed by atoms with van der Waals surface area (Å²) < 4.78 is 37.7. The number of halogens is 4. The summed E-state index contributed by atoms with van der Waals surface area (Å²) in [5.74, 6) is -0.250. The third kappa shape index (κ3) is 4.41. The number of benzene rings is 1. The third-order valence-electron chi connectivity index (χ3n) is 4.18. The number of carbonyl (C=O) groups is 1. The van der Waals surface area contributed by atoms with E-state index in [0.29, 0.717) is 35.6 Å². The van der Waals surface area contributed by atoms with Crippen molar-refractivity contribution in [3.05, 3.63) is 41.0 Å². The van der Waals surface area contributed by atoms with E-state index in [1.807, 2.05) is 6.07 Å². The number of alkyl halides is 3. The van der Waals surface area contributed by atoms with Gasteiger partial charge in [0.15, 0.2) is 0 Å². The Hall–Kier alpha value is -1.86. The van der Waals surface area contributed by atoms with Gasteiger partial charge in [-0.25, -0.2) is 0 Å². The maximum atomic E-state index is 12.9. The second kappa shape index (κ2) is 7.17. The molecule has 0 saturated carbocycles. The zero-order chi connectivity index (χ0) is 18.0. The molecule has 1 aromatic carbocycles. The van der Waals surface area contributed by atoms with Crippen LogP contribution in [0, 0.1) is 0 Å². The second-order valence-electron chi connectivity index (χ2n) is 6.07. The van der Waals surface area contributed by atoms with E-state index < -0.39 is 12.7 Å². The van der Waals surface area contributed by atoms with Crippen LogP contribution in [0.15, 0.2) is 30.5 Å². The molecule has 1 aliphatic heterocycles. The highest BCUT2D eigenvalue weighted by molar-refractivity contribution is 6.32. The molecule has 134 valence electrons. The zero-order valence-corrected chi connectivity index (χ0v) is 14.1. The van der Waals surface area contributed by atoms with E-state index in [9.17, 15) is 18.0 Å². The summed E-state index contributed by atoms with van der Waals surface area (Å²) in [7, 11) is 0. The van der Waals surface area contributed by atoms with Crippen molar-refractivity contribution in [1.29, 1.82) is 0 Å². The molecule has 3 rings (SSSR count). The van der Waals surface area contributed by atoms with Crippen molar-refractivity contribution in [3.63, 3.8) is 0 Å². The molecule has 0 N–H and O–H groups in total. The highest BCUT2D eigenvalue weighted by Gasteiger charge is 2.32. The average molecular weight is 372 g/mol. The monoisotopic (exact) mass is 371 g/mol. The minimum absolute atomic E-state index is 0.192. The first-order valence-corrected chi connectivity index (χ1v) is 8.34. The minimum Gasteiger partial charge on any atom is -0.337 e. The van der Waals surface area contributed by atoms with Crippen LogP contribution < -0.4 is 0 Å². The predicted octanol–water partition coefficient (Wildman–Crippen LogP) is 3.60. The van der Waals surface area contributed by atoms with Crippen LogP contribution in [0.4, 0.5) is 13.2 Å². The van der Waals surface area contributed by atoms with Gasteiger partial charge in [-0.15, -0.1) is 0 Å². The lowest BCUT2D eigenvalue weighted by Crippen LogP contribution is -2.38. The summed E-state index contributed by atoms with van der Waals surface area (Å²) >= 11 is 6.10. The van der Waals surface area contributed by atoms with E-state index in [-0.39, 0.29) is 19.0 Å². The SMILES string of the molecule is O=C(c1cc(Cl)cc2cccnc12)N1CCCN(CC(F)(F)F)CC1. The van der Waals surface area contributed by atoms with E-state index in [1.54, 1.807) is 29.3 Å². The van der Waals surface area contributed by atoms with Crippen molar-refractivity contribution in [3.8, 4) is 0 Å². The molecule has 1 aromatic heterocycles. The number of hydrogen-bond donors (Lipinski definition) is 0. The highest BCUT2D eigenvalue weighted by atomic mass is 35.5. The van der Waals surface area contributed by atoms with Gasteiger partial charge >= 0.3 is 6.18 Å². The Kier molecular flexibility index (Phi) is 5.15. The summed E-state index contributed by atoms with van der Waals surface area (Å²) in [6.45, 7) is 0.218. The summed E-state index contributed by atoms with van der Waals surface area (Å²) in [6.07, 6.45) is -2.14. The van der Waals surface area contributed by atoms with E-state index in [2.05, 4.69) is 4.98 Å². The largest absolute Gasteiger partial charge is 0.401 e. The standard InChI is InChI=1S/C17H17ClF3N3O/c18-13-9-12-3-1-4-22-15(12)14(10-13)16(25)24-6-2-5-23(7-8-24)11-17(19,20)21/h1,3-4,9-10H,2,5-8,11H2. The normalized spacial score (nSPS) is 16.9. The highest BCUT2D eigenvalue weighted by Crippen LogP contribution is 2.24. The number of aromatic nitrogens is 1. The van der Waals surface area contributed by atoms with Crippen molar-refractivity contribution in [2.75, 3.05) is 32.7 Å². The first-order chi connectivity index (χ1) is 11.8. The molecule has 1 fully saturated rings. The van der Waals surface area contributed by atoms with Crippen LogP contribution in [0.25, 0.3) is 10.9 Å². The lowest BCUT2D eigenvalue weighted by Gasteiger charge is -2.23. The van der Waals surface area contributed by atoms with Gasteiger partial charge in [-0.1, -0.05) is 17.7 Å².